The molecule has 0 radical (unpaired) electrons. The Kier molecular flexibility index (Phi) is 3.36. The highest BCUT2D eigenvalue weighted by Gasteiger charge is 2.29. The smallest absolute Gasteiger partial charge is 0.106 e. The molecule has 1 unspecified atom stereocenters. The van der Waals surface area contributed by atoms with Crippen molar-refractivity contribution >= 4 is 0 Å². The molecule has 1 aromatic rings. The Morgan fingerprint density at radius 2 is 2.00 bits per heavy atom. The van der Waals surface area contributed by atoms with Crippen molar-refractivity contribution in [3.63, 3.8) is 0 Å². The number of benzene rings is 1. The SMILES string of the molecule is OC[C@H]1OC[C@@H](c2ccccc2)CC1O. The predicted molar refractivity (Wildman–Crippen MR) is 56.6 cm³/mol. The molecule has 1 fully saturated rings. The highest BCUT2D eigenvalue weighted by molar-refractivity contribution is 5.20. The van der Waals surface area contributed by atoms with Gasteiger partial charge in [0.15, 0.2) is 0 Å². The van der Waals surface area contributed by atoms with Crippen molar-refractivity contribution in [1.82, 2.24) is 0 Å². The summed E-state index contributed by atoms with van der Waals surface area (Å²) in [4.78, 5) is 0. The number of hydrogen-bond donors (Lipinski definition) is 2. The van der Waals surface area contributed by atoms with Gasteiger partial charge in [0.2, 0.25) is 0 Å². The molecule has 0 aromatic heterocycles. The van der Waals surface area contributed by atoms with Gasteiger partial charge in [0.1, 0.15) is 6.10 Å². The zero-order valence-corrected chi connectivity index (χ0v) is 8.54. The van der Waals surface area contributed by atoms with Crippen LogP contribution in [0.25, 0.3) is 0 Å². The molecule has 3 nitrogen and oxygen atoms in total. The van der Waals surface area contributed by atoms with E-state index in [1.807, 2.05) is 30.3 Å². The normalized spacial score (nSPS) is 31.5. The zero-order valence-electron chi connectivity index (χ0n) is 8.54. The van der Waals surface area contributed by atoms with E-state index >= 15 is 0 Å². The molecule has 15 heavy (non-hydrogen) atoms. The lowest BCUT2D eigenvalue weighted by Gasteiger charge is -2.32. The van der Waals surface area contributed by atoms with Crippen LogP contribution in [0.3, 0.4) is 0 Å². The Morgan fingerprint density at radius 1 is 1.27 bits per heavy atom. The van der Waals surface area contributed by atoms with Crippen LogP contribution in [0.4, 0.5) is 0 Å². The maximum absolute atomic E-state index is 9.72. The van der Waals surface area contributed by atoms with Crippen molar-refractivity contribution in [3.8, 4) is 0 Å². The van der Waals surface area contributed by atoms with Crippen LogP contribution in [0, 0.1) is 0 Å². The largest absolute Gasteiger partial charge is 0.394 e. The maximum atomic E-state index is 9.72. The van der Waals surface area contributed by atoms with Gasteiger partial charge < -0.3 is 14.9 Å². The summed E-state index contributed by atoms with van der Waals surface area (Å²) in [6, 6.07) is 10.0. The maximum Gasteiger partial charge on any atom is 0.106 e. The van der Waals surface area contributed by atoms with Gasteiger partial charge in [-0.15, -0.1) is 0 Å². The van der Waals surface area contributed by atoms with Crippen molar-refractivity contribution in [1.29, 1.82) is 0 Å². The summed E-state index contributed by atoms with van der Waals surface area (Å²) in [5.74, 6) is 0.240. The Balaban J connectivity index is 2.03. The van der Waals surface area contributed by atoms with Crippen molar-refractivity contribution in [2.45, 2.75) is 24.5 Å². The Morgan fingerprint density at radius 3 is 2.60 bits per heavy atom. The summed E-state index contributed by atoms with van der Waals surface area (Å²) in [6.45, 7) is 0.467. The average molecular weight is 208 g/mol. The van der Waals surface area contributed by atoms with Crippen molar-refractivity contribution in [3.05, 3.63) is 35.9 Å². The number of hydrogen-bond acceptors (Lipinski definition) is 3. The van der Waals surface area contributed by atoms with Crippen LogP contribution in [0.15, 0.2) is 30.3 Å². The quantitative estimate of drug-likeness (QED) is 0.759. The highest BCUT2D eigenvalue weighted by atomic mass is 16.5. The highest BCUT2D eigenvalue weighted by Crippen LogP contribution is 2.28. The van der Waals surface area contributed by atoms with Crippen LogP contribution < -0.4 is 0 Å². The molecule has 3 atom stereocenters. The van der Waals surface area contributed by atoms with Gasteiger partial charge in [-0.2, -0.15) is 0 Å². The van der Waals surface area contributed by atoms with E-state index < -0.39 is 12.2 Å². The van der Waals surface area contributed by atoms with Crippen LogP contribution in [0.1, 0.15) is 17.9 Å². The van der Waals surface area contributed by atoms with Gasteiger partial charge in [-0.1, -0.05) is 30.3 Å². The van der Waals surface area contributed by atoms with Gasteiger partial charge >= 0.3 is 0 Å². The number of aliphatic hydroxyl groups is 2. The summed E-state index contributed by atoms with van der Waals surface area (Å²) >= 11 is 0. The predicted octanol–water partition coefficient (Wildman–Crippen LogP) is 0.912. The molecule has 1 heterocycles. The van der Waals surface area contributed by atoms with Crippen LogP contribution in [-0.2, 0) is 4.74 Å². The third-order valence-electron chi connectivity index (χ3n) is 2.92. The van der Waals surface area contributed by atoms with E-state index in [4.69, 9.17) is 9.84 Å². The fourth-order valence-corrected chi connectivity index (χ4v) is 1.99. The Hall–Kier alpha value is -0.900. The van der Waals surface area contributed by atoms with E-state index in [9.17, 15) is 5.11 Å². The minimum atomic E-state index is -0.561. The number of ether oxygens (including phenoxy) is 1. The lowest BCUT2D eigenvalue weighted by atomic mass is 9.90. The second-order valence-electron chi connectivity index (χ2n) is 3.97. The first kappa shape index (κ1) is 10.6. The molecule has 2 rings (SSSR count). The molecule has 0 spiro atoms. The molecule has 82 valence electrons. The fourth-order valence-electron chi connectivity index (χ4n) is 1.99. The first-order valence-corrected chi connectivity index (χ1v) is 5.26. The molecule has 0 bridgehead atoms. The molecule has 0 amide bonds. The minimum Gasteiger partial charge on any atom is -0.394 e. The molecule has 0 saturated carbocycles. The first-order valence-electron chi connectivity index (χ1n) is 5.26. The van der Waals surface area contributed by atoms with Gasteiger partial charge in [0.25, 0.3) is 0 Å². The summed E-state index contributed by atoms with van der Waals surface area (Å²) in [5, 5.41) is 18.6. The van der Waals surface area contributed by atoms with Crippen molar-refractivity contribution in [2.24, 2.45) is 0 Å². The lowest BCUT2D eigenvalue weighted by molar-refractivity contribution is -0.103. The average Bonchev–Trinajstić information content (AvgIpc) is 2.30. The topological polar surface area (TPSA) is 49.7 Å². The van der Waals surface area contributed by atoms with Gasteiger partial charge in [-0.3, -0.25) is 0 Å². The van der Waals surface area contributed by atoms with E-state index in [1.165, 1.54) is 5.56 Å². The third-order valence-corrected chi connectivity index (χ3v) is 2.92. The van der Waals surface area contributed by atoms with Crippen LogP contribution in [0.5, 0.6) is 0 Å². The first-order chi connectivity index (χ1) is 7.31. The summed E-state index contributed by atoms with van der Waals surface area (Å²) < 4.78 is 5.41. The van der Waals surface area contributed by atoms with Crippen LogP contribution in [0.2, 0.25) is 0 Å². The van der Waals surface area contributed by atoms with Gasteiger partial charge in [-0.05, 0) is 12.0 Å². The van der Waals surface area contributed by atoms with Crippen molar-refractivity contribution in [2.75, 3.05) is 13.2 Å². The zero-order chi connectivity index (χ0) is 10.7. The molecule has 1 aliphatic heterocycles. The van der Waals surface area contributed by atoms with Crippen molar-refractivity contribution < 1.29 is 14.9 Å². The molecular formula is C12H16O3. The monoisotopic (exact) mass is 208 g/mol. The number of rotatable bonds is 2. The van der Waals surface area contributed by atoms with Crippen LogP contribution in [-0.4, -0.2) is 35.6 Å². The summed E-state index contributed by atoms with van der Waals surface area (Å²) in [6.07, 6.45) is -0.311. The van der Waals surface area contributed by atoms with E-state index in [0.717, 1.165) is 0 Å². The lowest BCUT2D eigenvalue weighted by Crippen LogP contribution is -2.39. The molecule has 3 heteroatoms. The van der Waals surface area contributed by atoms with Gasteiger partial charge in [0.05, 0.1) is 19.3 Å². The second kappa shape index (κ2) is 4.75. The summed E-state index contributed by atoms with van der Waals surface area (Å²) in [5.41, 5.74) is 1.19. The van der Waals surface area contributed by atoms with E-state index in [-0.39, 0.29) is 12.5 Å². The Bertz CT molecular complexity index is 299. The van der Waals surface area contributed by atoms with Gasteiger partial charge in [0, 0.05) is 5.92 Å². The third kappa shape index (κ3) is 2.37. The number of aliphatic hydroxyl groups excluding tert-OH is 2. The fraction of sp³-hybridized carbons (Fsp3) is 0.500. The molecule has 0 aliphatic carbocycles. The van der Waals surface area contributed by atoms with E-state index in [1.54, 1.807) is 0 Å². The van der Waals surface area contributed by atoms with E-state index in [2.05, 4.69) is 0 Å². The molecule has 2 N–H and O–H groups in total. The van der Waals surface area contributed by atoms with Crippen LogP contribution >= 0.6 is 0 Å². The molecular weight excluding hydrogens is 192 g/mol. The standard InChI is InChI=1S/C12H16O3/c13-7-12-11(14)6-10(8-15-12)9-4-2-1-3-5-9/h1-5,10-14H,6-8H2/t10-,11?,12+/m0/s1. The van der Waals surface area contributed by atoms with Gasteiger partial charge in [-0.25, -0.2) is 0 Å². The Labute approximate surface area is 89.3 Å². The van der Waals surface area contributed by atoms with E-state index in [0.29, 0.717) is 13.0 Å². The molecule has 1 saturated heterocycles. The minimum absolute atomic E-state index is 0.108. The molecule has 1 aromatic carbocycles. The summed E-state index contributed by atoms with van der Waals surface area (Å²) in [7, 11) is 0. The second-order valence-corrected chi connectivity index (χ2v) is 3.97. The molecule has 1 aliphatic rings.